The molecule has 0 aliphatic carbocycles. The number of azo groups is 1. The van der Waals surface area contributed by atoms with Crippen LogP contribution in [-0.2, 0) is 10.2 Å². The highest BCUT2D eigenvalue weighted by Crippen LogP contribution is 2.37. The molecule has 0 saturated heterocycles. The number of amides is 1. The Kier molecular flexibility index (Phi) is 5.76. The maximum absolute atomic E-state index is 11.5. The molecular formula is C24H22N12O. The predicted molar refractivity (Wildman–Crippen MR) is 135 cm³/mol. The summed E-state index contributed by atoms with van der Waals surface area (Å²) in [6.45, 7) is 15.0. The van der Waals surface area contributed by atoms with Crippen molar-refractivity contribution in [2.75, 3.05) is 5.32 Å². The van der Waals surface area contributed by atoms with Gasteiger partial charge in [-0.05, 0) is 18.2 Å². The zero-order valence-corrected chi connectivity index (χ0v) is 20.5. The van der Waals surface area contributed by atoms with E-state index in [4.69, 9.17) is 6.57 Å². The number of fused-ring (bicyclic) bond motifs is 1. The maximum atomic E-state index is 11.5. The predicted octanol–water partition coefficient (Wildman–Crippen LogP) is 4.92. The fourth-order valence-corrected chi connectivity index (χ4v) is 3.64. The van der Waals surface area contributed by atoms with E-state index in [1.807, 2.05) is 39.0 Å². The number of anilines is 1. The van der Waals surface area contributed by atoms with Crippen molar-refractivity contribution in [1.82, 2.24) is 39.6 Å². The smallest absolute Gasteiger partial charge is 0.252 e. The van der Waals surface area contributed by atoms with E-state index in [2.05, 4.69) is 50.6 Å². The quantitative estimate of drug-likeness (QED) is 0.262. The minimum atomic E-state index is -0.375. The molecule has 5 rings (SSSR count). The van der Waals surface area contributed by atoms with Crippen LogP contribution >= 0.6 is 0 Å². The van der Waals surface area contributed by atoms with Crippen molar-refractivity contribution >= 4 is 34.4 Å². The zero-order valence-electron chi connectivity index (χ0n) is 20.5. The number of nitrogens with zero attached hydrogens (tertiary/aromatic N) is 10. The molecule has 13 heteroatoms. The average molecular weight is 495 g/mol. The summed E-state index contributed by atoms with van der Waals surface area (Å²) in [7, 11) is 0. The molecule has 1 aromatic carbocycles. The number of hydrogen-bond acceptors (Lipinski definition) is 8. The van der Waals surface area contributed by atoms with Crippen LogP contribution in [0.15, 0.2) is 59.2 Å². The first-order valence-electron chi connectivity index (χ1n) is 11.3. The third-order valence-electron chi connectivity index (χ3n) is 5.27. The Balaban J connectivity index is 1.61. The number of rotatable bonds is 5. The van der Waals surface area contributed by atoms with Gasteiger partial charge in [0.15, 0.2) is 23.0 Å². The summed E-state index contributed by atoms with van der Waals surface area (Å²) in [5.74, 6) is 0.840. The Morgan fingerprint density at radius 1 is 1.14 bits per heavy atom. The lowest BCUT2D eigenvalue weighted by Gasteiger charge is -2.15. The van der Waals surface area contributed by atoms with Gasteiger partial charge in [0.05, 0.1) is 18.5 Å². The standard InChI is InChI=1S/C24H22N12O/c1-14(37)29-16-9-6-8-15(12-16)20-30-22-18(19(24(2,3)4)33-36(22)34-20)31-32-21-17(25-5)13-28-35(21)23-26-10-7-11-27-23/h6-13H,1-4H3,(H,29,37)(H,30,34)/b32-31+. The summed E-state index contributed by atoms with van der Waals surface area (Å²) in [4.78, 5) is 26.6. The van der Waals surface area contributed by atoms with Crippen LogP contribution in [0.2, 0.25) is 0 Å². The van der Waals surface area contributed by atoms with Gasteiger partial charge in [-0.2, -0.15) is 14.9 Å². The van der Waals surface area contributed by atoms with Gasteiger partial charge in [-0.25, -0.2) is 14.8 Å². The number of carbonyl (C=O) groups excluding carboxylic acids is 1. The van der Waals surface area contributed by atoms with Crippen LogP contribution < -0.4 is 5.32 Å². The molecule has 13 nitrogen and oxygen atoms in total. The van der Waals surface area contributed by atoms with Gasteiger partial charge in [-0.15, -0.1) is 20.0 Å². The van der Waals surface area contributed by atoms with Crippen molar-refractivity contribution in [1.29, 1.82) is 0 Å². The SMILES string of the molecule is [C-]#[N+]c1cnn(-c2ncccn2)c1/N=N/c1c(C(C)(C)C)nn2nc(-c3cccc(NC(C)=O)c3)[nH]c12. The van der Waals surface area contributed by atoms with Crippen LogP contribution in [0, 0.1) is 6.57 Å². The molecule has 0 saturated carbocycles. The fraction of sp³-hybridized carbons (Fsp3) is 0.208. The van der Waals surface area contributed by atoms with Gasteiger partial charge in [0.2, 0.25) is 5.91 Å². The minimum absolute atomic E-state index is 0.164. The highest BCUT2D eigenvalue weighted by Gasteiger charge is 2.27. The van der Waals surface area contributed by atoms with Crippen LogP contribution in [0.25, 0.3) is 27.8 Å². The highest BCUT2D eigenvalue weighted by molar-refractivity contribution is 5.89. The van der Waals surface area contributed by atoms with Gasteiger partial charge in [0.25, 0.3) is 11.6 Å². The molecule has 0 radical (unpaired) electrons. The summed E-state index contributed by atoms with van der Waals surface area (Å²) in [6, 6.07) is 8.99. The van der Waals surface area contributed by atoms with Crippen LogP contribution in [0.3, 0.4) is 0 Å². The van der Waals surface area contributed by atoms with Crippen molar-refractivity contribution in [3.05, 3.63) is 66.0 Å². The van der Waals surface area contributed by atoms with Crippen LogP contribution in [0.1, 0.15) is 33.4 Å². The van der Waals surface area contributed by atoms with E-state index in [1.165, 1.54) is 22.4 Å². The number of benzene rings is 1. The summed E-state index contributed by atoms with van der Waals surface area (Å²) in [6.07, 6.45) is 4.55. The van der Waals surface area contributed by atoms with Crippen molar-refractivity contribution < 1.29 is 4.79 Å². The van der Waals surface area contributed by atoms with Gasteiger partial charge in [-0.1, -0.05) is 32.9 Å². The third kappa shape index (κ3) is 4.55. The molecule has 37 heavy (non-hydrogen) atoms. The van der Waals surface area contributed by atoms with Crippen LogP contribution in [-0.4, -0.2) is 45.5 Å². The second kappa shape index (κ2) is 9.08. The van der Waals surface area contributed by atoms with Crippen LogP contribution in [0.4, 0.5) is 22.9 Å². The van der Waals surface area contributed by atoms with Gasteiger partial charge in [0.1, 0.15) is 0 Å². The summed E-state index contributed by atoms with van der Waals surface area (Å²) >= 11 is 0. The lowest BCUT2D eigenvalue weighted by molar-refractivity contribution is -0.114. The molecule has 2 N–H and O–H groups in total. The van der Waals surface area contributed by atoms with E-state index in [1.54, 1.807) is 24.5 Å². The second-order valence-electron chi connectivity index (χ2n) is 9.15. The number of aromatic amines is 1. The molecule has 0 atom stereocenters. The molecule has 4 aromatic heterocycles. The zero-order chi connectivity index (χ0) is 26.2. The first-order valence-corrected chi connectivity index (χ1v) is 11.3. The summed E-state index contributed by atoms with van der Waals surface area (Å²) in [5.41, 5.74) is 2.91. The Morgan fingerprint density at radius 2 is 1.92 bits per heavy atom. The van der Waals surface area contributed by atoms with E-state index in [-0.39, 0.29) is 28.8 Å². The maximum Gasteiger partial charge on any atom is 0.252 e. The normalized spacial score (nSPS) is 11.8. The average Bonchev–Trinajstić information content (AvgIpc) is 3.55. The van der Waals surface area contributed by atoms with Gasteiger partial charge < -0.3 is 10.3 Å². The van der Waals surface area contributed by atoms with Crippen LogP contribution in [0.5, 0.6) is 0 Å². The number of H-pyrrole nitrogens is 1. The summed E-state index contributed by atoms with van der Waals surface area (Å²) in [5, 5.41) is 25.2. The van der Waals surface area contributed by atoms with E-state index in [9.17, 15) is 4.79 Å². The number of nitrogens with one attached hydrogen (secondary N) is 2. The van der Waals surface area contributed by atoms with E-state index < -0.39 is 0 Å². The molecule has 0 aliphatic heterocycles. The van der Waals surface area contributed by atoms with Gasteiger partial charge >= 0.3 is 0 Å². The Hall–Kier alpha value is -5.25. The fourth-order valence-electron chi connectivity index (χ4n) is 3.64. The molecule has 0 aliphatic rings. The summed E-state index contributed by atoms with van der Waals surface area (Å²) < 4.78 is 2.84. The largest absolute Gasteiger partial charge is 0.326 e. The van der Waals surface area contributed by atoms with Crippen molar-refractivity contribution in [3.63, 3.8) is 0 Å². The van der Waals surface area contributed by atoms with E-state index >= 15 is 0 Å². The van der Waals surface area contributed by atoms with Crippen molar-refractivity contribution in [2.45, 2.75) is 33.1 Å². The molecule has 5 aromatic rings. The second-order valence-corrected chi connectivity index (χ2v) is 9.15. The Morgan fingerprint density at radius 3 is 2.62 bits per heavy atom. The molecule has 1 amide bonds. The number of carbonyl (C=O) groups is 1. The molecule has 184 valence electrons. The molecule has 0 fully saturated rings. The van der Waals surface area contributed by atoms with E-state index in [0.717, 1.165) is 5.56 Å². The first-order chi connectivity index (χ1) is 17.7. The number of hydrogen-bond donors (Lipinski definition) is 2. The lowest BCUT2D eigenvalue weighted by Crippen LogP contribution is -2.12. The molecule has 0 unspecified atom stereocenters. The molecular weight excluding hydrogens is 472 g/mol. The number of aromatic nitrogens is 8. The third-order valence-corrected chi connectivity index (χ3v) is 5.27. The van der Waals surface area contributed by atoms with Gasteiger partial charge in [0, 0.05) is 36.0 Å². The van der Waals surface area contributed by atoms with Gasteiger partial charge in [-0.3, -0.25) is 4.79 Å². The van der Waals surface area contributed by atoms with Crippen molar-refractivity contribution in [2.24, 2.45) is 10.2 Å². The Bertz CT molecular complexity index is 1680. The molecule has 4 heterocycles. The monoisotopic (exact) mass is 494 g/mol. The first kappa shape index (κ1) is 23.5. The minimum Gasteiger partial charge on any atom is -0.326 e. The highest BCUT2D eigenvalue weighted by atomic mass is 16.1. The Labute approximate surface area is 211 Å². The lowest BCUT2D eigenvalue weighted by atomic mass is 9.91. The molecule has 0 spiro atoms. The van der Waals surface area contributed by atoms with E-state index in [0.29, 0.717) is 28.5 Å². The molecule has 0 bridgehead atoms. The van der Waals surface area contributed by atoms with Crippen molar-refractivity contribution in [3.8, 4) is 17.3 Å². The topological polar surface area (TPSA) is 148 Å².